The van der Waals surface area contributed by atoms with Gasteiger partial charge in [-0.15, -0.1) is 11.8 Å². The number of hydrogen-bond acceptors (Lipinski definition) is 4. The van der Waals surface area contributed by atoms with E-state index >= 15 is 0 Å². The molecular formula is C12H13NO2S. The number of benzene rings is 1. The minimum absolute atomic E-state index is 0.0678. The van der Waals surface area contributed by atoms with Crippen molar-refractivity contribution in [2.24, 2.45) is 5.92 Å². The summed E-state index contributed by atoms with van der Waals surface area (Å²) < 4.78 is 10.9. The van der Waals surface area contributed by atoms with Crippen molar-refractivity contribution in [2.75, 3.05) is 19.0 Å². The van der Waals surface area contributed by atoms with Crippen LogP contribution in [0.25, 0.3) is 0 Å². The molecule has 0 aliphatic carbocycles. The van der Waals surface area contributed by atoms with Crippen LogP contribution in [0.4, 0.5) is 0 Å². The molecule has 1 aromatic carbocycles. The normalized spacial score (nSPS) is 15.2. The first-order valence-corrected chi connectivity index (χ1v) is 6.20. The number of hydrogen-bond donors (Lipinski definition) is 0. The number of fused-ring (bicyclic) bond motifs is 1. The molecule has 0 fully saturated rings. The van der Waals surface area contributed by atoms with Crippen molar-refractivity contribution in [3.05, 3.63) is 18.2 Å². The highest BCUT2D eigenvalue weighted by atomic mass is 32.2. The second kappa shape index (κ2) is 5.13. The molecule has 1 aromatic rings. The van der Waals surface area contributed by atoms with Crippen molar-refractivity contribution < 1.29 is 9.47 Å². The van der Waals surface area contributed by atoms with Gasteiger partial charge in [-0.2, -0.15) is 5.26 Å². The van der Waals surface area contributed by atoms with Crippen LogP contribution in [0.2, 0.25) is 0 Å². The number of nitrogens with zero attached hydrogens (tertiary/aromatic N) is 1. The highest BCUT2D eigenvalue weighted by Crippen LogP contribution is 2.34. The fourth-order valence-corrected chi connectivity index (χ4v) is 2.24. The molecule has 0 saturated heterocycles. The third-order valence-corrected chi connectivity index (χ3v) is 3.49. The van der Waals surface area contributed by atoms with E-state index in [0.29, 0.717) is 13.2 Å². The second-order valence-corrected chi connectivity index (χ2v) is 4.74. The first-order valence-electron chi connectivity index (χ1n) is 5.21. The molecule has 4 heteroatoms. The molecule has 84 valence electrons. The van der Waals surface area contributed by atoms with Gasteiger partial charge in [0.25, 0.3) is 0 Å². The maximum atomic E-state index is 8.70. The number of thioether (sulfide) groups is 1. The summed E-state index contributed by atoms with van der Waals surface area (Å²) in [5.41, 5.74) is 0. The average molecular weight is 235 g/mol. The Bertz CT molecular complexity index is 414. The predicted molar refractivity (Wildman–Crippen MR) is 62.9 cm³/mol. The van der Waals surface area contributed by atoms with Crippen LogP contribution < -0.4 is 9.47 Å². The van der Waals surface area contributed by atoms with Gasteiger partial charge in [0.2, 0.25) is 0 Å². The first kappa shape index (κ1) is 11.2. The predicted octanol–water partition coefficient (Wildman–Crippen LogP) is 2.71. The van der Waals surface area contributed by atoms with Crippen LogP contribution in [0.5, 0.6) is 11.5 Å². The molecule has 0 bridgehead atoms. The largest absolute Gasteiger partial charge is 0.486 e. The van der Waals surface area contributed by atoms with Gasteiger partial charge in [0.1, 0.15) is 13.2 Å². The summed E-state index contributed by atoms with van der Waals surface area (Å²) in [5.74, 6) is 2.49. The molecule has 1 aliphatic heterocycles. The molecule has 2 rings (SSSR count). The maximum absolute atomic E-state index is 8.70. The van der Waals surface area contributed by atoms with Crippen LogP contribution >= 0.6 is 11.8 Å². The van der Waals surface area contributed by atoms with E-state index < -0.39 is 0 Å². The number of nitriles is 1. The molecule has 1 atom stereocenters. The smallest absolute Gasteiger partial charge is 0.162 e. The zero-order valence-electron chi connectivity index (χ0n) is 9.10. The topological polar surface area (TPSA) is 42.2 Å². The quantitative estimate of drug-likeness (QED) is 0.755. The van der Waals surface area contributed by atoms with E-state index in [2.05, 4.69) is 6.07 Å². The zero-order valence-corrected chi connectivity index (χ0v) is 9.92. The van der Waals surface area contributed by atoms with Crippen molar-refractivity contribution in [1.29, 1.82) is 5.26 Å². The van der Waals surface area contributed by atoms with Gasteiger partial charge in [0.05, 0.1) is 12.0 Å². The molecular weight excluding hydrogens is 222 g/mol. The third kappa shape index (κ3) is 2.61. The minimum Gasteiger partial charge on any atom is -0.486 e. The Kier molecular flexibility index (Phi) is 3.58. The fourth-order valence-electron chi connectivity index (χ4n) is 1.37. The van der Waals surface area contributed by atoms with Gasteiger partial charge in [0.15, 0.2) is 11.5 Å². The minimum atomic E-state index is 0.0678. The molecule has 0 aromatic heterocycles. The standard InChI is InChI=1S/C12H13NO2S/c1-9(7-13)8-16-10-2-3-11-12(6-10)15-5-4-14-11/h2-3,6,9H,4-5,8H2,1H3. The van der Waals surface area contributed by atoms with E-state index in [0.717, 1.165) is 22.1 Å². The monoisotopic (exact) mass is 235 g/mol. The van der Waals surface area contributed by atoms with Crippen LogP contribution in [0.1, 0.15) is 6.92 Å². The van der Waals surface area contributed by atoms with E-state index in [1.54, 1.807) is 11.8 Å². The number of ether oxygens (including phenoxy) is 2. The van der Waals surface area contributed by atoms with Crippen molar-refractivity contribution in [2.45, 2.75) is 11.8 Å². The van der Waals surface area contributed by atoms with Crippen LogP contribution in [-0.2, 0) is 0 Å². The molecule has 1 heterocycles. The summed E-state index contributed by atoms with van der Waals surface area (Å²) in [5, 5.41) is 8.70. The molecule has 0 amide bonds. The fraction of sp³-hybridized carbons (Fsp3) is 0.417. The second-order valence-electron chi connectivity index (χ2n) is 3.65. The van der Waals surface area contributed by atoms with Crippen molar-refractivity contribution in [3.63, 3.8) is 0 Å². The van der Waals surface area contributed by atoms with Gasteiger partial charge >= 0.3 is 0 Å². The van der Waals surface area contributed by atoms with Crippen LogP contribution in [0, 0.1) is 17.2 Å². The first-order chi connectivity index (χ1) is 7.79. The Labute approximate surface area is 99.4 Å². The van der Waals surface area contributed by atoms with Gasteiger partial charge in [0, 0.05) is 10.6 Å². The molecule has 0 N–H and O–H groups in total. The van der Waals surface area contributed by atoms with Crippen LogP contribution in [0.15, 0.2) is 23.1 Å². The molecule has 16 heavy (non-hydrogen) atoms. The lowest BCUT2D eigenvalue weighted by Crippen LogP contribution is -2.15. The maximum Gasteiger partial charge on any atom is 0.162 e. The van der Waals surface area contributed by atoms with Gasteiger partial charge in [-0.25, -0.2) is 0 Å². The molecule has 1 unspecified atom stereocenters. The van der Waals surface area contributed by atoms with E-state index in [4.69, 9.17) is 14.7 Å². The highest BCUT2D eigenvalue weighted by Gasteiger charge is 2.12. The molecule has 0 radical (unpaired) electrons. The Morgan fingerprint density at radius 3 is 2.88 bits per heavy atom. The lowest BCUT2D eigenvalue weighted by molar-refractivity contribution is 0.171. The molecule has 3 nitrogen and oxygen atoms in total. The Hall–Kier alpha value is -1.34. The van der Waals surface area contributed by atoms with Crippen LogP contribution in [-0.4, -0.2) is 19.0 Å². The van der Waals surface area contributed by atoms with Crippen LogP contribution in [0.3, 0.4) is 0 Å². The summed E-state index contributed by atoms with van der Waals surface area (Å²) in [6.45, 7) is 3.14. The lowest BCUT2D eigenvalue weighted by Gasteiger charge is -2.18. The van der Waals surface area contributed by atoms with Crippen molar-refractivity contribution in [3.8, 4) is 17.6 Å². The van der Waals surface area contributed by atoms with Crippen molar-refractivity contribution in [1.82, 2.24) is 0 Å². The summed E-state index contributed by atoms with van der Waals surface area (Å²) in [7, 11) is 0. The average Bonchev–Trinajstić information content (AvgIpc) is 2.35. The molecule has 1 aliphatic rings. The lowest BCUT2D eigenvalue weighted by atomic mass is 10.3. The summed E-state index contributed by atoms with van der Waals surface area (Å²) >= 11 is 1.67. The van der Waals surface area contributed by atoms with Gasteiger partial charge in [-0.3, -0.25) is 0 Å². The highest BCUT2D eigenvalue weighted by molar-refractivity contribution is 7.99. The Morgan fingerprint density at radius 2 is 2.12 bits per heavy atom. The van der Waals surface area contributed by atoms with Gasteiger partial charge in [-0.05, 0) is 25.1 Å². The van der Waals surface area contributed by atoms with E-state index in [1.807, 2.05) is 25.1 Å². The van der Waals surface area contributed by atoms with Gasteiger partial charge < -0.3 is 9.47 Å². The van der Waals surface area contributed by atoms with Gasteiger partial charge in [-0.1, -0.05) is 0 Å². The van der Waals surface area contributed by atoms with E-state index in [-0.39, 0.29) is 5.92 Å². The summed E-state index contributed by atoms with van der Waals surface area (Å²) in [6.07, 6.45) is 0. The third-order valence-electron chi connectivity index (χ3n) is 2.23. The Balaban J connectivity index is 2.03. The van der Waals surface area contributed by atoms with E-state index in [9.17, 15) is 0 Å². The summed E-state index contributed by atoms with van der Waals surface area (Å²) in [4.78, 5) is 1.12. The van der Waals surface area contributed by atoms with Crippen molar-refractivity contribution >= 4 is 11.8 Å². The molecule has 0 saturated carbocycles. The SMILES string of the molecule is CC(C#N)CSc1ccc2c(c1)OCCO2. The molecule has 0 spiro atoms. The van der Waals surface area contributed by atoms with E-state index in [1.165, 1.54) is 0 Å². The summed E-state index contributed by atoms with van der Waals surface area (Å²) in [6, 6.07) is 8.12. The zero-order chi connectivity index (χ0) is 11.4. The Morgan fingerprint density at radius 1 is 1.38 bits per heavy atom. The number of rotatable bonds is 3.